The van der Waals surface area contributed by atoms with Gasteiger partial charge in [-0.1, -0.05) is 6.92 Å². The highest BCUT2D eigenvalue weighted by Crippen LogP contribution is 2.24. The van der Waals surface area contributed by atoms with E-state index in [0.29, 0.717) is 17.9 Å². The standard InChI is InChI=1S/C19H21F3N4O2S/c1-4-9-26-16-8-5-12(29(27,28)25(2)3)10-15(16)24-17(26)11-23-14-7-6-13(20)18(21)19(14)22/h5-8,10,23H,4,9,11H2,1-3H3. The topological polar surface area (TPSA) is 67.2 Å². The van der Waals surface area contributed by atoms with Crippen LogP contribution in [0.1, 0.15) is 19.2 Å². The van der Waals surface area contributed by atoms with Crippen molar-refractivity contribution >= 4 is 26.7 Å². The van der Waals surface area contributed by atoms with E-state index in [-0.39, 0.29) is 17.1 Å². The second-order valence-corrected chi connectivity index (χ2v) is 8.85. The fourth-order valence-electron chi connectivity index (χ4n) is 2.98. The van der Waals surface area contributed by atoms with Crippen molar-refractivity contribution in [2.24, 2.45) is 0 Å². The Balaban J connectivity index is 1.99. The zero-order valence-electron chi connectivity index (χ0n) is 16.2. The van der Waals surface area contributed by atoms with Crippen molar-refractivity contribution < 1.29 is 21.6 Å². The second kappa shape index (κ2) is 8.03. The van der Waals surface area contributed by atoms with Crippen LogP contribution >= 0.6 is 0 Å². The highest BCUT2D eigenvalue weighted by molar-refractivity contribution is 7.89. The van der Waals surface area contributed by atoms with Gasteiger partial charge in [0.2, 0.25) is 10.0 Å². The van der Waals surface area contributed by atoms with Gasteiger partial charge in [-0.3, -0.25) is 0 Å². The van der Waals surface area contributed by atoms with Gasteiger partial charge in [0.05, 0.1) is 28.2 Å². The lowest BCUT2D eigenvalue weighted by atomic mass is 10.2. The molecule has 1 aromatic heterocycles. The lowest BCUT2D eigenvalue weighted by Gasteiger charge is -2.12. The second-order valence-electron chi connectivity index (χ2n) is 6.69. The molecule has 0 aliphatic carbocycles. The summed E-state index contributed by atoms with van der Waals surface area (Å²) in [6.45, 7) is 2.63. The Morgan fingerprint density at radius 3 is 2.48 bits per heavy atom. The number of benzene rings is 2. The van der Waals surface area contributed by atoms with Crippen LogP contribution in [0, 0.1) is 17.5 Å². The minimum atomic E-state index is -3.61. The molecule has 0 saturated carbocycles. The van der Waals surface area contributed by atoms with E-state index < -0.39 is 27.5 Å². The molecule has 0 unspecified atom stereocenters. The Kier molecular flexibility index (Phi) is 5.85. The molecule has 0 aliphatic heterocycles. The lowest BCUT2D eigenvalue weighted by molar-refractivity contribution is 0.449. The predicted molar refractivity (Wildman–Crippen MR) is 105 cm³/mol. The molecule has 29 heavy (non-hydrogen) atoms. The summed E-state index contributed by atoms with van der Waals surface area (Å²) in [6, 6.07) is 6.63. The van der Waals surface area contributed by atoms with E-state index in [1.807, 2.05) is 11.5 Å². The highest BCUT2D eigenvalue weighted by atomic mass is 32.2. The number of aromatic nitrogens is 2. The van der Waals surface area contributed by atoms with Gasteiger partial charge >= 0.3 is 0 Å². The van der Waals surface area contributed by atoms with Crippen LogP contribution < -0.4 is 5.32 Å². The molecule has 0 amide bonds. The third-order valence-corrected chi connectivity index (χ3v) is 6.31. The summed E-state index contributed by atoms with van der Waals surface area (Å²) in [5.74, 6) is -3.59. The van der Waals surface area contributed by atoms with Gasteiger partial charge in [-0.25, -0.2) is 30.9 Å². The molecule has 0 radical (unpaired) electrons. The maximum atomic E-state index is 13.9. The first-order valence-electron chi connectivity index (χ1n) is 8.95. The number of nitrogens with zero attached hydrogens (tertiary/aromatic N) is 3. The van der Waals surface area contributed by atoms with E-state index in [2.05, 4.69) is 10.3 Å². The molecular weight excluding hydrogens is 405 g/mol. The van der Waals surface area contributed by atoms with Crippen molar-refractivity contribution in [3.8, 4) is 0 Å². The van der Waals surface area contributed by atoms with Crippen molar-refractivity contribution in [3.63, 3.8) is 0 Å². The SMILES string of the molecule is CCCn1c(CNc2ccc(F)c(F)c2F)nc2cc(S(=O)(=O)N(C)C)ccc21. The van der Waals surface area contributed by atoms with Crippen molar-refractivity contribution in [2.75, 3.05) is 19.4 Å². The molecule has 0 bridgehead atoms. The zero-order chi connectivity index (χ0) is 21.3. The largest absolute Gasteiger partial charge is 0.375 e. The fraction of sp³-hybridized carbons (Fsp3) is 0.316. The molecule has 3 aromatic rings. The summed E-state index contributed by atoms with van der Waals surface area (Å²) < 4.78 is 68.2. The number of sulfonamides is 1. The number of fused-ring (bicyclic) bond motifs is 1. The predicted octanol–water partition coefficient (Wildman–Crippen LogP) is 3.73. The summed E-state index contributed by atoms with van der Waals surface area (Å²) in [7, 11) is -0.722. The summed E-state index contributed by atoms with van der Waals surface area (Å²) in [4.78, 5) is 4.59. The molecule has 0 fully saturated rings. The third kappa shape index (κ3) is 3.95. The third-order valence-electron chi connectivity index (χ3n) is 4.50. The number of nitrogens with one attached hydrogen (secondary N) is 1. The van der Waals surface area contributed by atoms with E-state index in [0.717, 1.165) is 28.4 Å². The molecule has 0 atom stereocenters. The van der Waals surface area contributed by atoms with Gasteiger partial charge in [-0.2, -0.15) is 0 Å². The van der Waals surface area contributed by atoms with Crippen LogP contribution in [0.2, 0.25) is 0 Å². The van der Waals surface area contributed by atoms with Gasteiger partial charge < -0.3 is 9.88 Å². The van der Waals surface area contributed by atoms with Crippen LogP contribution in [0.3, 0.4) is 0 Å². The average molecular weight is 426 g/mol. The number of hydrogen-bond donors (Lipinski definition) is 1. The Hall–Kier alpha value is -2.59. The Labute approximate surface area is 167 Å². The van der Waals surface area contributed by atoms with Gasteiger partial charge in [0, 0.05) is 20.6 Å². The summed E-state index contributed by atoms with van der Waals surface area (Å²) in [6.07, 6.45) is 0.787. The van der Waals surface area contributed by atoms with Crippen molar-refractivity contribution in [3.05, 3.63) is 53.6 Å². The van der Waals surface area contributed by atoms with Gasteiger partial charge in [0.1, 0.15) is 5.82 Å². The van der Waals surface area contributed by atoms with Crippen LogP contribution in [-0.4, -0.2) is 36.4 Å². The number of rotatable bonds is 7. The number of hydrogen-bond acceptors (Lipinski definition) is 4. The van der Waals surface area contributed by atoms with E-state index in [1.165, 1.54) is 26.2 Å². The molecule has 6 nitrogen and oxygen atoms in total. The van der Waals surface area contributed by atoms with E-state index in [9.17, 15) is 21.6 Å². The minimum Gasteiger partial charge on any atom is -0.375 e. The lowest BCUT2D eigenvalue weighted by Crippen LogP contribution is -2.22. The molecule has 10 heteroatoms. The molecule has 3 rings (SSSR count). The fourth-order valence-corrected chi connectivity index (χ4v) is 3.90. The van der Waals surface area contributed by atoms with Crippen LogP contribution in [0.4, 0.5) is 18.9 Å². The van der Waals surface area contributed by atoms with Crippen molar-refractivity contribution in [1.29, 1.82) is 0 Å². The average Bonchev–Trinajstić information content (AvgIpc) is 3.02. The highest BCUT2D eigenvalue weighted by Gasteiger charge is 2.20. The van der Waals surface area contributed by atoms with Crippen molar-refractivity contribution in [2.45, 2.75) is 31.3 Å². The number of imidazole rings is 1. The van der Waals surface area contributed by atoms with Crippen LogP contribution in [0.5, 0.6) is 0 Å². The number of halogens is 3. The molecule has 2 aromatic carbocycles. The smallest absolute Gasteiger partial charge is 0.242 e. The quantitative estimate of drug-likeness (QED) is 0.585. The molecule has 1 heterocycles. The molecule has 0 aliphatic rings. The summed E-state index contributed by atoms with van der Waals surface area (Å²) in [5.41, 5.74) is 1.02. The first kappa shape index (κ1) is 21.1. The van der Waals surface area contributed by atoms with Gasteiger partial charge in [0.25, 0.3) is 0 Å². The van der Waals surface area contributed by atoms with E-state index >= 15 is 0 Å². The maximum absolute atomic E-state index is 13.9. The van der Waals surface area contributed by atoms with E-state index in [4.69, 9.17) is 0 Å². The first-order valence-corrected chi connectivity index (χ1v) is 10.4. The Morgan fingerprint density at radius 2 is 1.83 bits per heavy atom. The number of aryl methyl sites for hydroxylation is 1. The van der Waals surface area contributed by atoms with Crippen LogP contribution in [0.15, 0.2) is 35.2 Å². The number of anilines is 1. The van der Waals surface area contributed by atoms with Gasteiger partial charge in [0.15, 0.2) is 17.5 Å². The normalized spacial score (nSPS) is 12.1. The molecular formula is C19H21F3N4O2S. The Morgan fingerprint density at radius 1 is 1.10 bits per heavy atom. The first-order chi connectivity index (χ1) is 13.7. The molecule has 1 N–H and O–H groups in total. The molecule has 156 valence electrons. The van der Waals surface area contributed by atoms with Gasteiger partial charge in [-0.05, 0) is 36.8 Å². The zero-order valence-corrected chi connectivity index (χ0v) is 17.0. The molecule has 0 saturated heterocycles. The minimum absolute atomic E-state index is 0.0481. The molecule has 0 spiro atoms. The Bertz CT molecular complexity index is 1160. The van der Waals surface area contributed by atoms with E-state index in [1.54, 1.807) is 6.07 Å². The summed E-state index contributed by atoms with van der Waals surface area (Å²) >= 11 is 0. The maximum Gasteiger partial charge on any atom is 0.242 e. The van der Waals surface area contributed by atoms with Crippen LogP contribution in [0.25, 0.3) is 11.0 Å². The monoisotopic (exact) mass is 426 g/mol. The summed E-state index contributed by atoms with van der Waals surface area (Å²) in [5, 5.41) is 2.73. The van der Waals surface area contributed by atoms with Crippen LogP contribution in [-0.2, 0) is 23.1 Å². The van der Waals surface area contributed by atoms with Gasteiger partial charge in [-0.15, -0.1) is 0 Å². The van der Waals surface area contributed by atoms with Crippen molar-refractivity contribution in [1.82, 2.24) is 13.9 Å².